The number of aliphatic hydroxyl groups excluding tert-OH is 4. The largest absolute Gasteiger partial charge is 0.394 e. The van der Waals surface area contributed by atoms with Gasteiger partial charge in [0, 0.05) is 6.42 Å². The summed E-state index contributed by atoms with van der Waals surface area (Å²) in [6.45, 7) is 17.9. The summed E-state index contributed by atoms with van der Waals surface area (Å²) < 4.78 is 37.0. The lowest BCUT2D eigenvalue weighted by Crippen LogP contribution is -2.56. The van der Waals surface area contributed by atoms with Crippen LogP contribution in [-0.4, -0.2) is 150 Å². The predicted octanol–water partition coefficient (Wildman–Crippen LogP) is 5.20. The van der Waals surface area contributed by atoms with Crippen LogP contribution < -0.4 is 0 Å². The summed E-state index contributed by atoms with van der Waals surface area (Å²) >= 11 is 0. The molecule has 0 amide bonds. The van der Waals surface area contributed by atoms with Gasteiger partial charge in [-0.2, -0.15) is 0 Å². The van der Waals surface area contributed by atoms with Crippen molar-refractivity contribution in [3.05, 3.63) is 11.6 Å². The summed E-state index contributed by atoms with van der Waals surface area (Å²) in [7, 11) is 0. The Morgan fingerprint density at radius 2 is 1.16 bits per heavy atom. The van der Waals surface area contributed by atoms with Crippen LogP contribution >= 0.6 is 0 Å². The maximum absolute atomic E-state index is 11.7. The van der Waals surface area contributed by atoms with Gasteiger partial charge in [0.1, 0.15) is 6.10 Å². The molecule has 12 heteroatoms. The highest BCUT2D eigenvalue weighted by Crippen LogP contribution is 2.68. The number of rotatable bonds is 29. The average Bonchev–Trinajstić information content (AvgIpc) is 3.55. The molecule has 336 valence electrons. The Labute approximate surface area is 345 Å². The van der Waals surface area contributed by atoms with Crippen LogP contribution in [0.3, 0.4) is 0 Å². The van der Waals surface area contributed by atoms with Crippen molar-refractivity contribution < 1.29 is 58.7 Å². The zero-order valence-corrected chi connectivity index (χ0v) is 36.5. The molecule has 2 unspecified atom stereocenters. The van der Waals surface area contributed by atoms with Crippen LogP contribution in [0.25, 0.3) is 0 Å². The maximum atomic E-state index is 11.7. The Bertz CT molecular complexity index is 1060. The van der Waals surface area contributed by atoms with Gasteiger partial charge in [-0.3, -0.25) is 0 Å². The van der Waals surface area contributed by atoms with Crippen LogP contribution in [0.15, 0.2) is 11.6 Å². The first kappa shape index (κ1) is 50.6. The Kier molecular flexibility index (Phi) is 24.2. The second-order valence-corrected chi connectivity index (χ2v) is 18.0. The van der Waals surface area contributed by atoms with Crippen molar-refractivity contribution in [1.29, 1.82) is 0 Å². The van der Waals surface area contributed by atoms with Gasteiger partial charge in [0.2, 0.25) is 0 Å². The Morgan fingerprint density at radius 1 is 0.632 bits per heavy atom. The summed E-state index contributed by atoms with van der Waals surface area (Å²) in [6.07, 6.45) is 14.9. The lowest BCUT2D eigenvalue weighted by atomic mass is 9.46. The minimum absolute atomic E-state index is 0.0136. The van der Waals surface area contributed by atoms with Crippen LogP contribution in [0.1, 0.15) is 105 Å². The molecule has 5 N–H and O–H groups in total. The smallest absolute Gasteiger partial charge is 0.110 e. The van der Waals surface area contributed by atoms with E-state index in [0.29, 0.717) is 103 Å². The molecule has 57 heavy (non-hydrogen) atoms. The van der Waals surface area contributed by atoms with Gasteiger partial charge < -0.3 is 58.7 Å². The summed E-state index contributed by atoms with van der Waals surface area (Å²) in [6, 6.07) is 0. The van der Waals surface area contributed by atoms with Crippen molar-refractivity contribution in [2.24, 2.45) is 46.3 Å². The van der Waals surface area contributed by atoms with Gasteiger partial charge in [0.25, 0.3) is 0 Å². The molecular weight excluding hydrogens is 732 g/mol. The topological polar surface area (TPSA) is 166 Å². The van der Waals surface area contributed by atoms with Crippen LogP contribution in [0.4, 0.5) is 0 Å². The molecule has 3 fully saturated rings. The van der Waals surface area contributed by atoms with Crippen LogP contribution in [0, 0.1) is 46.3 Å². The van der Waals surface area contributed by atoms with Gasteiger partial charge >= 0.3 is 0 Å². The molecule has 4 rings (SSSR count). The zero-order valence-electron chi connectivity index (χ0n) is 36.5. The van der Waals surface area contributed by atoms with Gasteiger partial charge in [-0.05, 0) is 91.3 Å². The minimum atomic E-state index is -1.03. The fraction of sp³-hybridized carbons (Fsp3) is 0.956. The van der Waals surface area contributed by atoms with E-state index < -0.39 is 11.7 Å². The zero-order chi connectivity index (χ0) is 41.6. The number of hydrogen-bond acceptors (Lipinski definition) is 12. The second kappa shape index (κ2) is 27.3. The Morgan fingerprint density at radius 3 is 1.67 bits per heavy atom. The second-order valence-electron chi connectivity index (χ2n) is 18.0. The van der Waals surface area contributed by atoms with Crippen molar-refractivity contribution in [2.75, 3.05) is 112 Å². The van der Waals surface area contributed by atoms with Crippen LogP contribution in [-0.2, 0) is 33.2 Å². The first-order valence-electron chi connectivity index (χ1n) is 22.4. The molecule has 12 nitrogen and oxygen atoms in total. The first-order valence-corrected chi connectivity index (χ1v) is 22.4. The van der Waals surface area contributed by atoms with E-state index in [9.17, 15) is 10.2 Å². The molecule has 0 heterocycles. The Hall–Kier alpha value is -0.740. The highest BCUT2D eigenvalue weighted by atomic mass is 16.6. The minimum Gasteiger partial charge on any atom is -0.394 e. The third-order valence-electron chi connectivity index (χ3n) is 13.9. The highest BCUT2D eigenvalue weighted by molar-refractivity contribution is 5.28. The number of hydrogen-bond donors (Lipinski definition) is 5. The van der Waals surface area contributed by atoms with Gasteiger partial charge in [-0.15, -0.1) is 0 Å². The number of ether oxygens (including phenoxy) is 7. The van der Waals surface area contributed by atoms with E-state index in [1.165, 1.54) is 50.5 Å². The third-order valence-corrected chi connectivity index (χ3v) is 13.9. The van der Waals surface area contributed by atoms with Gasteiger partial charge in [-0.1, -0.05) is 65.5 Å². The molecular formula is C45H84O12. The highest BCUT2D eigenvalue weighted by Gasteiger charge is 2.60. The molecule has 0 aromatic heterocycles. The number of allylic oxidation sites excluding steroid dienone is 1. The first-order chi connectivity index (χ1) is 27.5. The molecule has 0 radical (unpaired) electrons. The van der Waals surface area contributed by atoms with E-state index in [-0.39, 0.29) is 38.4 Å². The van der Waals surface area contributed by atoms with E-state index in [2.05, 4.69) is 40.7 Å². The standard InChI is InChI=1S/C33H58O5.C12H26O7/c1-23(2)7-6-8-24(3)27-11-12-28-26-10-9-25-21-33(36,30(22-35)38-20-19-37-18-17-34)16-15-31(25,4)29(26)13-14-32(27,28)5;13-1-3-15-5-7-17-9-11-19-12-10-18-8-6-16-4-2-14/h9,23-24,26-30,34-36H,6-8,10-22H2,1-5H3;13-14H,1-12H2/t24-,26+,27-,28+,29+,30?,31+,32-,33?;/m1./s1. The number of aliphatic hydroxyl groups is 5. The Balaban J connectivity index is 0.000000388. The summed E-state index contributed by atoms with van der Waals surface area (Å²) in [5.41, 5.74) is 1.02. The molecule has 0 spiro atoms. The van der Waals surface area contributed by atoms with Gasteiger partial charge in [0.15, 0.2) is 0 Å². The maximum Gasteiger partial charge on any atom is 0.110 e. The molecule has 0 aromatic carbocycles. The quantitative estimate of drug-likeness (QED) is 0.0496. The molecule has 0 aliphatic heterocycles. The van der Waals surface area contributed by atoms with E-state index >= 15 is 0 Å². The van der Waals surface area contributed by atoms with E-state index in [1.54, 1.807) is 0 Å². The summed E-state index contributed by atoms with van der Waals surface area (Å²) in [5.74, 6) is 4.84. The van der Waals surface area contributed by atoms with Crippen LogP contribution in [0.2, 0.25) is 0 Å². The fourth-order valence-electron chi connectivity index (χ4n) is 10.9. The van der Waals surface area contributed by atoms with Crippen molar-refractivity contribution in [3.63, 3.8) is 0 Å². The predicted molar refractivity (Wildman–Crippen MR) is 221 cm³/mol. The van der Waals surface area contributed by atoms with E-state index in [1.807, 2.05) is 0 Å². The average molecular weight is 817 g/mol. The summed E-state index contributed by atoms with van der Waals surface area (Å²) in [4.78, 5) is 0. The normalized spacial score (nSPS) is 30.5. The van der Waals surface area contributed by atoms with Crippen molar-refractivity contribution in [2.45, 2.75) is 117 Å². The lowest BCUT2D eigenvalue weighted by molar-refractivity contribution is -0.157. The lowest BCUT2D eigenvalue weighted by Gasteiger charge is -2.59. The monoisotopic (exact) mass is 817 g/mol. The molecule has 0 bridgehead atoms. The van der Waals surface area contributed by atoms with E-state index in [0.717, 1.165) is 42.4 Å². The van der Waals surface area contributed by atoms with Crippen LogP contribution in [0.5, 0.6) is 0 Å². The summed E-state index contributed by atoms with van der Waals surface area (Å²) in [5, 5.41) is 47.5. The molecule has 9 atom stereocenters. The molecule has 0 aromatic rings. The van der Waals surface area contributed by atoms with Gasteiger partial charge in [0.05, 0.1) is 118 Å². The van der Waals surface area contributed by atoms with Gasteiger partial charge in [-0.25, -0.2) is 0 Å². The number of fused-ring (bicyclic) bond motifs is 5. The molecule has 4 aliphatic carbocycles. The molecule has 0 saturated heterocycles. The van der Waals surface area contributed by atoms with E-state index in [4.69, 9.17) is 48.5 Å². The van der Waals surface area contributed by atoms with Crippen molar-refractivity contribution in [3.8, 4) is 0 Å². The van der Waals surface area contributed by atoms with Crippen molar-refractivity contribution >= 4 is 0 Å². The molecule has 3 saturated carbocycles. The fourth-order valence-corrected chi connectivity index (χ4v) is 10.9. The molecule has 4 aliphatic rings. The SMILES string of the molecule is CC(C)CCC[C@@H](C)[C@H]1CC[C@H]2[C@@H]3CC=C4CC(O)(C(CO)OCCOCCO)CC[C@]4(C)[C@H]3CC[C@]12C.OCCOCCOCCOCCOCCOCCO. The third kappa shape index (κ3) is 15.6. The van der Waals surface area contributed by atoms with Crippen molar-refractivity contribution in [1.82, 2.24) is 0 Å².